The molecule has 108 valence electrons. The maximum absolute atomic E-state index is 12.5. The molecule has 1 aromatic heterocycles. The molecule has 2 atom stereocenters. The minimum atomic E-state index is 0.0942. The highest BCUT2D eigenvalue weighted by Crippen LogP contribution is 2.34. The van der Waals surface area contributed by atoms with Gasteiger partial charge < -0.3 is 10.2 Å². The zero-order valence-electron chi connectivity index (χ0n) is 10.7. The summed E-state index contributed by atoms with van der Waals surface area (Å²) >= 11 is 8.29. The van der Waals surface area contributed by atoms with E-state index in [1.807, 2.05) is 11.0 Å². The molecule has 0 aromatic carbocycles. The van der Waals surface area contributed by atoms with Gasteiger partial charge in [-0.2, -0.15) is 0 Å². The molecule has 0 spiro atoms. The summed E-state index contributed by atoms with van der Waals surface area (Å²) in [6.07, 6.45) is 2.33. The summed E-state index contributed by atoms with van der Waals surface area (Å²) in [5.41, 5.74) is 0. The number of halogens is 2. The van der Waals surface area contributed by atoms with Gasteiger partial charge in [0, 0.05) is 30.0 Å². The maximum Gasteiger partial charge on any atom is 0.264 e. The third-order valence-corrected chi connectivity index (χ3v) is 7.21. The first-order chi connectivity index (χ1) is 9.54. The number of carbonyl (C=O) groups is 2. The quantitative estimate of drug-likeness (QED) is 0.757. The Balaban J connectivity index is 1.70. The smallest absolute Gasteiger partial charge is 0.264 e. The predicted molar refractivity (Wildman–Crippen MR) is 84.9 cm³/mol. The molecule has 2 fully saturated rings. The SMILES string of the molecule is O=C1CCC2CN(C(=O)c3cc(Br)c(Br)s3)CCC2N1. The topological polar surface area (TPSA) is 49.4 Å². The van der Waals surface area contributed by atoms with E-state index in [0.29, 0.717) is 18.9 Å². The molecular formula is C13H14Br2N2O2S. The van der Waals surface area contributed by atoms with Crippen molar-refractivity contribution in [3.8, 4) is 0 Å². The van der Waals surface area contributed by atoms with Gasteiger partial charge in [0.15, 0.2) is 0 Å². The van der Waals surface area contributed by atoms with E-state index in [1.165, 1.54) is 11.3 Å². The first-order valence-corrected chi connectivity index (χ1v) is 8.98. The van der Waals surface area contributed by atoms with Crippen LogP contribution in [0, 0.1) is 5.92 Å². The molecule has 2 unspecified atom stereocenters. The number of amides is 2. The van der Waals surface area contributed by atoms with Crippen LogP contribution in [-0.4, -0.2) is 35.8 Å². The molecule has 2 amide bonds. The van der Waals surface area contributed by atoms with Crippen LogP contribution in [0.4, 0.5) is 0 Å². The van der Waals surface area contributed by atoms with E-state index in [0.717, 1.165) is 32.5 Å². The number of nitrogens with zero attached hydrogens (tertiary/aromatic N) is 1. The van der Waals surface area contributed by atoms with Crippen LogP contribution in [-0.2, 0) is 4.79 Å². The highest BCUT2D eigenvalue weighted by Gasteiger charge is 2.35. The zero-order chi connectivity index (χ0) is 14.3. The molecule has 0 bridgehead atoms. The van der Waals surface area contributed by atoms with Gasteiger partial charge in [-0.3, -0.25) is 9.59 Å². The van der Waals surface area contributed by atoms with Crippen molar-refractivity contribution < 1.29 is 9.59 Å². The number of likely N-dealkylation sites (tertiary alicyclic amines) is 1. The molecule has 2 saturated heterocycles. The number of rotatable bonds is 1. The molecular weight excluding hydrogens is 408 g/mol. The molecule has 3 rings (SSSR count). The normalized spacial score (nSPS) is 26.1. The summed E-state index contributed by atoms with van der Waals surface area (Å²) < 4.78 is 1.87. The molecule has 3 heterocycles. The summed E-state index contributed by atoms with van der Waals surface area (Å²) in [5.74, 6) is 0.645. The number of thiophene rings is 1. The second kappa shape index (κ2) is 5.77. The van der Waals surface area contributed by atoms with E-state index < -0.39 is 0 Å². The summed E-state index contributed by atoms with van der Waals surface area (Å²) in [6.45, 7) is 1.46. The molecule has 1 N–H and O–H groups in total. The Morgan fingerprint density at radius 3 is 2.90 bits per heavy atom. The molecule has 20 heavy (non-hydrogen) atoms. The van der Waals surface area contributed by atoms with Gasteiger partial charge in [0.2, 0.25) is 5.91 Å². The third kappa shape index (κ3) is 2.80. The van der Waals surface area contributed by atoms with E-state index in [4.69, 9.17) is 0 Å². The number of hydrogen-bond donors (Lipinski definition) is 1. The molecule has 0 saturated carbocycles. The largest absolute Gasteiger partial charge is 0.353 e. The summed E-state index contributed by atoms with van der Waals surface area (Å²) in [6, 6.07) is 2.12. The summed E-state index contributed by atoms with van der Waals surface area (Å²) in [7, 11) is 0. The predicted octanol–water partition coefficient (Wildman–Crippen LogP) is 3.01. The van der Waals surface area contributed by atoms with Crippen molar-refractivity contribution in [2.75, 3.05) is 13.1 Å². The molecule has 7 heteroatoms. The highest BCUT2D eigenvalue weighted by molar-refractivity contribution is 9.13. The Hall–Kier alpha value is -0.400. The van der Waals surface area contributed by atoms with E-state index in [9.17, 15) is 9.59 Å². The molecule has 2 aliphatic heterocycles. The lowest BCUT2D eigenvalue weighted by Gasteiger charge is -2.41. The Kier molecular flexibility index (Phi) is 4.19. The molecule has 2 aliphatic rings. The van der Waals surface area contributed by atoms with E-state index >= 15 is 0 Å². The first kappa shape index (κ1) is 14.5. The molecule has 1 aromatic rings. The van der Waals surface area contributed by atoms with Crippen molar-refractivity contribution in [3.63, 3.8) is 0 Å². The number of carbonyl (C=O) groups excluding carboxylic acids is 2. The van der Waals surface area contributed by atoms with Crippen molar-refractivity contribution in [1.29, 1.82) is 0 Å². The first-order valence-electron chi connectivity index (χ1n) is 6.58. The molecule has 4 nitrogen and oxygen atoms in total. The van der Waals surface area contributed by atoms with Gasteiger partial charge >= 0.3 is 0 Å². The molecule has 0 radical (unpaired) electrons. The Morgan fingerprint density at radius 1 is 1.40 bits per heavy atom. The summed E-state index contributed by atoms with van der Waals surface area (Å²) in [4.78, 5) is 26.6. The lowest BCUT2D eigenvalue weighted by Crippen LogP contribution is -2.55. The minimum Gasteiger partial charge on any atom is -0.353 e. The van der Waals surface area contributed by atoms with Gasteiger partial charge in [-0.1, -0.05) is 0 Å². The average Bonchev–Trinajstić information content (AvgIpc) is 2.77. The monoisotopic (exact) mass is 420 g/mol. The highest BCUT2D eigenvalue weighted by atomic mass is 79.9. The number of fused-ring (bicyclic) bond motifs is 1. The van der Waals surface area contributed by atoms with Gasteiger partial charge in [0.25, 0.3) is 5.91 Å². The van der Waals surface area contributed by atoms with Crippen molar-refractivity contribution in [1.82, 2.24) is 10.2 Å². The fourth-order valence-electron chi connectivity index (χ4n) is 2.90. The molecule has 0 aliphatic carbocycles. The second-order valence-corrected chi connectivity index (χ2v) is 8.47. The number of nitrogens with one attached hydrogen (secondary N) is 1. The Morgan fingerprint density at radius 2 is 2.20 bits per heavy atom. The minimum absolute atomic E-state index is 0.0942. The van der Waals surface area contributed by atoms with Crippen molar-refractivity contribution in [2.24, 2.45) is 5.92 Å². The second-order valence-electron chi connectivity index (χ2n) is 5.24. The van der Waals surface area contributed by atoms with E-state index in [-0.39, 0.29) is 17.9 Å². The van der Waals surface area contributed by atoms with E-state index in [2.05, 4.69) is 37.2 Å². The van der Waals surface area contributed by atoms with Gasteiger partial charge in [-0.15, -0.1) is 11.3 Å². The fraction of sp³-hybridized carbons (Fsp3) is 0.538. The number of piperidine rings is 2. The lowest BCUT2D eigenvalue weighted by atomic mass is 9.85. The maximum atomic E-state index is 12.5. The summed E-state index contributed by atoms with van der Waals surface area (Å²) in [5, 5.41) is 3.04. The van der Waals surface area contributed by atoms with Crippen LogP contribution in [0.25, 0.3) is 0 Å². The number of hydrogen-bond acceptors (Lipinski definition) is 3. The fourth-order valence-corrected chi connectivity index (χ4v) is 4.91. The van der Waals surface area contributed by atoms with Gasteiger partial charge in [-0.25, -0.2) is 0 Å². The van der Waals surface area contributed by atoms with Gasteiger partial charge in [0.1, 0.15) is 0 Å². The van der Waals surface area contributed by atoms with Crippen LogP contribution < -0.4 is 5.32 Å². The van der Waals surface area contributed by atoms with Crippen LogP contribution in [0.15, 0.2) is 14.3 Å². The average molecular weight is 422 g/mol. The van der Waals surface area contributed by atoms with Crippen LogP contribution in [0.2, 0.25) is 0 Å². The van der Waals surface area contributed by atoms with Crippen LogP contribution in [0.5, 0.6) is 0 Å². The van der Waals surface area contributed by atoms with Gasteiger partial charge in [-0.05, 0) is 56.7 Å². The lowest BCUT2D eigenvalue weighted by molar-refractivity contribution is -0.125. The van der Waals surface area contributed by atoms with Crippen LogP contribution in [0.3, 0.4) is 0 Å². The third-order valence-electron chi connectivity index (χ3n) is 3.97. The Bertz CT molecular complexity index is 541. The van der Waals surface area contributed by atoms with Crippen molar-refractivity contribution in [2.45, 2.75) is 25.3 Å². The Labute approximate surface area is 138 Å². The standard InChI is InChI=1S/C13H14Br2N2O2S/c14-8-5-10(20-12(8)15)13(19)17-4-3-9-7(6-17)1-2-11(18)16-9/h5,7,9H,1-4,6H2,(H,16,18). The van der Waals surface area contributed by atoms with Crippen molar-refractivity contribution >= 4 is 55.0 Å². The van der Waals surface area contributed by atoms with E-state index in [1.54, 1.807) is 0 Å². The zero-order valence-corrected chi connectivity index (χ0v) is 14.7. The van der Waals surface area contributed by atoms with Crippen LogP contribution in [0.1, 0.15) is 28.9 Å². The van der Waals surface area contributed by atoms with Crippen LogP contribution >= 0.6 is 43.2 Å². The van der Waals surface area contributed by atoms with Gasteiger partial charge in [0.05, 0.1) is 8.66 Å². The van der Waals surface area contributed by atoms with Crippen molar-refractivity contribution in [3.05, 3.63) is 19.2 Å².